The van der Waals surface area contributed by atoms with Gasteiger partial charge in [-0.3, -0.25) is 19.4 Å². The molecule has 0 saturated carbocycles. The van der Waals surface area contributed by atoms with Crippen LogP contribution in [0.1, 0.15) is 30.0 Å². The van der Waals surface area contributed by atoms with Gasteiger partial charge in [-0.15, -0.1) is 0 Å². The number of nitrogens with zero attached hydrogens (tertiary/aromatic N) is 2. The molecule has 0 unspecified atom stereocenters. The van der Waals surface area contributed by atoms with E-state index in [0.29, 0.717) is 24.2 Å². The summed E-state index contributed by atoms with van der Waals surface area (Å²) in [4.78, 5) is 24.8. The van der Waals surface area contributed by atoms with Gasteiger partial charge in [-0.1, -0.05) is 25.5 Å². The predicted octanol–water partition coefficient (Wildman–Crippen LogP) is 1.38. The first kappa shape index (κ1) is 19.9. The van der Waals surface area contributed by atoms with E-state index in [1.807, 2.05) is 12.1 Å². The van der Waals surface area contributed by atoms with Gasteiger partial charge in [-0.2, -0.15) is 0 Å². The van der Waals surface area contributed by atoms with Crippen molar-refractivity contribution in [1.29, 1.82) is 0 Å². The van der Waals surface area contributed by atoms with E-state index in [4.69, 9.17) is 10.2 Å². The summed E-state index contributed by atoms with van der Waals surface area (Å²) in [5, 5.41) is 28.2. The molecule has 0 heterocycles. The molecule has 3 N–H and O–H groups in total. The number of likely N-dealkylation sites (N-methyl/N-ethyl adjacent to an activating group) is 2. The number of aromatic hydroxyl groups is 1. The molecule has 0 aromatic heterocycles. The van der Waals surface area contributed by atoms with Crippen molar-refractivity contribution >= 4 is 11.9 Å². The predicted molar refractivity (Wildman–Crippen MR) is 90.0 cm³/mol. The van der Waals surface area contributed by atoms with Crippen LogP contribution in [0.25, 0.3) is 0 Å². The minimum Gasteiger partial charge on any atom is -0.507 e. The van der Waals surface area contributed by atoms with Gasteiger partial charge in [0.25, 0.3) is 0 Å². The molecule has 0 aliphatic carbocycles. The number of phenolic OH excluding ortho intramolecular Hbond substituents is 1. The van der Waals surface area contributed by atoms with Crippen molar-refractivity contribution in [3.8, 4) is 5.75 Å². The standard InChI is InChI=1S/C17H26N2O5/c1-4-5-12-6-13(8-18(2)10-15(20)21)17(24)14(7-12)9-19(3)11-16(22)23/h6-7,24H,4-5,8-11H2,1-3H3,(H,20,21)(H,22,23). The zero-order chi connectivity index (χ0) is 18.3. The van der Waals surface area contributed by atoms with Gasteiger partial charge in [-0.05, 0) is 26.1 Å². The van der Waals surface area contributed by atoms with Gasteiger partial charge < -0.3 is 15.3 Å². The fraction of sp³-hybridized carbons (Fsp3) is 0.529. The smallest absolute Gasteiger partial charge is 0.317 e. The third kappa shape index (κ3) is 6.55. The van der Waals surface area contributed by atoms with Crippen LogP contribution in [0.5, 0.6) is 5.75 Å². The van der Waals surface area contributed by atoms with Gasteiger partial charge in [0, 0.05) is 24.2 Å². The van der Waals surface area contributed by atoms with Crippen LogP contribution in [-0.2, 0) is 29.1 Å². The quantitative estimate of drug-likeness (QED) is 0.592. The van der Waals surface area contributed by atoms with E-state index in [0.717, 1.165) is 18.4 Å². The fourth-order valence-corrected chi connectivity index (χ4v) is 2.66. The Morgan fingerprint density at radius 2 is 1.38 bits per heavy atom. The van der Waals surface area contributed by atoms with Crippen molar-refractivity contribution in [3.05, 3.63) is 28.8 Å². The molecule has 1 rings (SSSR count). The maximum atomic E-state index is 10.8. The molecule has 134 valence electrons. The number of carboxylic acids is 2. The van der Waals surface area contributed by atoms with E-state index in [-0.39, 0.29) is 18.8 Å². The zero-order valence-corrected chi connectivity index (χ0v) is 14.4. The van der Waals surface area contributed by atoms with Crippen molar-refractivity contribution in [3.63, 3.8) is 0 Å². The number of benzene rings is 1. The number of phenols is 1. The molecule has 7 nitrogen and oxygen atoms in total. The largest absolute Gasteiger partial charge is 0.507 e. The van der Waals surface area contributed by atoms with Gasteiger partial charge >= 0.3 is 11.9 Å². The highest BCUT2D eigenvalue weighted by Gasteiger charge is 2.15. The van der Waals surface area contributed by atoms with Crippen LogP contribution in [0.15, 0.2) is 12.1 Å². The van der Waals surface area contributed by atoms with Gasteiger partial charge in [0.2, 0.25) is 0 Å². The Hall–Kier alpha value is -2.12. The van der Waals surface area contributed by atoms with Crippen LogP contribution in [0.2, 0.25) is 0 Å². The lowest BCUT2D eigenvalue weighted by Gasteiger charge is -2.20. The first-order valence-corrected chi connectivity index (χ1v) is 7.87. The first-order chi connectivity index (χ1) is 11.2. The maximum Gasteiger partial charge on any atom is 0.317 e. The maximum absolute atomic E-state index is 10.8. The van der Waals surface area contributed by atoms with Crippen molar-refractivity contribution in [2.24, 2.45) is 0 Å². The van der Waals surface area contributed by atoms with Crippen molar-refractivity contribution in [2.45, 2.75) is 32.9 Å². The Kier molecular flexibility index (Phi) is 7.67. The average molecular weight is 338 g/mol. The Bertz CT molecular complexity index is 543. The van der Waals surface area contributed by atoms with Crippen molar-refractivity contribution in [2.75, 3.05) is 27.2 Å². The van der Waals surface area contributed by atoms with Gasteiger partial charge in [0.05, 0.1) is 13.1 Å². The van der Waals surface area contributed by atoms with Gasteiger partial charge in [0.1, 0.15) is 5.75 Å². The third-order valence-electron chi connectivity index (χ3n) is 3.56. The lowest BCUT2D eigenvalue weighted by atomic mass is 10.00. The van der Waals surface area contributed by atoms with Crippen LogP contribution in [0.4, 0.5) is 0 Å². The van der Waals surface area contributed by atoms with Crippen LogP contribution in [-0.4, -0.2) is 64.2 Å². The first-order valence-electron chi connectivity index (χ1n) is 7.87. The normalized spacial score (nSPS) is 11.2. The molecule has 0 bridgehead atoms. The van der Waals surface area contributed by atoms with E-state index in [2.05, 4.69) is 6.92 Å². The molecular weight excluding hydrogens is 312 g/mol. The highest BCUT2D eigenvalue weighted by Crippen LogP contribution is 2.27. The monoisotopic (exact) mass is 338 g/mol. The summed E-state index contributed by atoms with van der Waals surface area (Å²) in [6.07, 6.45) is 1.78. The summed E-state index contributed by atoms with van der Waals surface area (Å²) in [7, 11) is 3.35. The summed E-state index contributed by atoms with van der Waals surface area (Å²) < 4.78 is 0. The highest BCUT2D eigenvalue weighted by atomic mass is 16.4. The third-order valence-corrected chi connectivity index (χ3v) is 3.56. The molecule has 7 heteroatoms. The minimum atomic E-state index is -0.928. The van der Waals surface area contributed by atoms with E-state index >= 15 is 0 Å². The Morgan fingerprint density at radius 3 is 1.71 bits per heavy atom. The number of rotatable bonds is 10. The summed E-state index contributed by atoms with van der Waals surface area (Å²) >= 11 is 0. The summed E-state index contributed by atoms with van der Waals surface area (Å²) in [5.74, 6) is -1.75. The highest BCUT2D eigenvalue weighted by molar-refractivity contribution is 5.69. The minimum absolute atomic E-state index is 0.101. The topological polar surface area (TPSA) is 101 Å². The van der Waals surface area contributed by atoms with E-state index in [1.54, 1.807) is 23.9 Å². The Balaban J connectivity index is 3.04. The Labute approximate surface area is 142 Å². The second-order valence-electron chi connectivity index (χ2n) is 6.14. The molecule has 0 radical (unpaired) electrons. The van der Waals surface area contributed by atoms with E-state index < -0.39 is 11.9 Å². The second kappa shape index (κ2) is 9.24. The molecule has 1 aromatic rings. The molecule has 0 atom stereocenters. The van der Waals surface area contributed by atoms with Crippen molar-refractivity contribution in [1.82, 2.24) is 9.80 Å². The van der Waals surface area contributed by atoms with Crippen LogP contribution >= 0.6 is 0 Å². The number of aliphatic carboxylic acids is 2. The number of carboxylic acid groups (broad SMARTS) is 2. The number of aryl methyl sites for hydroxylation is 1. The van der Waals surface area contributed by atoms with Crippen LogP contribution in [0.3, 0.4) is 0 Å². The second-order valence-corrected chi connectivity index (χ2v) is 6.14. The number of hydrogen-bond acceptors (Lipinski definition) is 5. The fourth-order valence-electron chi connectivity index (χ4n) is 2.66. The summed E-state index contributed by atoms with van der Waals surface area (Å²) in [5.41, 5.74) is 2.36. The molecule has 24 heavy (non-hydrogen) atoms. The molecule has 0 aliphatic rings. The van der Waals surface area contributed by atoms with Crippen LogP contribution in [0, 0.1) is 0 Å². The summed E-state index contributed by atoms with van der Waals surface area (Å²) in [6, 6.07) is 3.77. The Morgan fingerprint density at radius 1 is 0.958 bits per heavy atom. The molecule has 0 fully saturated rings. The van der Waals surface area contributed by atoms with E-state index in [1.165, 1.54) is 0 Å². The van der Waals surface area contributed by atoms with E-state index in [9.17, 15) is 14.7 Å². The molecule has 0 saturated heterocycles. The molecule has 1 aromatic carbocycles. The molecular formula is C17H26N2O5. The molecule has 0 spiro atoms. The molecule has 0 amide bonds. The lowest BCUT2D eigenvalue weighted by Crippen LogP contribution is -2.26. The number of carbonyl (C=O) groups is 2. The van der Waals surface area contributed by atoms with Gasteiger partial charge in [-0.25, -0.2) is 0 Å². The zero-order valence-electron chi connectivity index (χ0n) is 14.4. The summed E-state index contributed by atoms with van der Waals surface area (Å²) in [6.45, 7) is 2.44. The van der Waals surface area contributed by atoms with Crippen molar-refractivity contribution < 1.29 is 24.9 Å². The lowest BCUT2D eigenvalue weighted by molar-refractivity contribution is -0.139. The van der Waals surface area contributed by atoms with Crippen LogP contribution < -0.4 is 0 Å². The number of hydrogen-bond donors (Lipinski definition) is 3. The average Bonchev–Trinajstić information content (AvgIpc) is 2.42. The SMILES string of the molecule is CCCc1cc(CN(C)CC(=O)O)c(O)c(CN(C)CC(=O)O)c1. The molecule has 0 aliphatic heterocycles. The van der Waals surface area contributed by atoms with Gasteiger partial charge in [0.15, 0.2) is 0 Å².